The summed E-state index contributed by atoms with van der Waals surface area (Å²) in [6.45, 7) is 4.54. The second kappa shape index (κ2) is 5.40. The van der Waals surface area contributed by atoms with Crippen molar-refractivity contribution in [2.24, 2.45) is 11.8 Å². The Bertz CT molecular complexity index is 494. The molecule has 0 radical (unpaired) electrons. The van der Waals surface area contributed by atoms with Gasteiger partial charge in [-0.15, -0.1) is 0 Å². The van der Waals surface area contributed by atoms with Crippen molar-refractivity contribution in [1.29, 1.82) is 0 Å². The maximum Gasteiger partial charge on any atom is 0.0781 e. The summed E-state index contributed by atoms with van der Waals surface area (Å²) >= 11 is 0. The molecule has 21 heavy (non-hydrogen) atoms. The minimum Gasteiger partial charge on any atom is -0.391 e. The molecule has 1 aromatic heterocycles. The smallest absolute Gasteiger partial charge is 0.0781 e. The number of aliphatic hydroxyl groups excluding tert-OH is 1. The summed E-state index contributed by atoms with van der Waals surface area (Å²) in [5.41, 5.74) is 1.18. The number of likely N-dealkylation sites (tertiary alicyclic amines) is 1. The van der Waals surface area contributed by atoms with E-state index in [-0.39, 0.29) is 12.1 Å². The Balaban J connectivity index is 1.46. The molecule has 2 saturated carbocycles. The highest BCUT2D eigenvalue weighted by atomic mass is 16.3. The molecule has 4 heteroatoms. The first-order valence-corrected chi connectivity index (χ1v) is 8.63. The van der Waals surface area contributed by atoms with Gasteiger partial charge < -0.3 is 5.11 Å². The predicted octanol–water partition coefficient (Wildman–Crippen LogP) is 2.38. The standard InChI is InChI=1S/C17H27N3O/c1-12-8-18-20(9-12)16-6-13-10-19(15-4-2-3-5-15)11-14(13)7-17(16)21/h8-9,13-17,21H,2-7,10-11H2,1H3/t13-,14+,16-,17-/m0/s1. The fourth-order valence-corrected chi connectivity index (χ4v) is 4.91. The topological polar surface area (TPSA) is 41.3 Å². The number of hydrogen-bond acceptors (Lipinski definition) is 3. The number of aryl methyl sites for hydroxylation is 1. The van der Waals surface area contributed by atoms with Crippen LogP contribution < -0.4 is 0 Å². The van der Waals surface area contributed by atoms with Gasteiger partial charge in [-0.2, -0.15) is 5.10 Å². The Morgan fingerprint density at radius 3 is 2.52 bits per heavy atom. The molecule has 4 rings (SSSR count). The summed E-state index contributed by atoms with van der Waals surface area (Å²) < 4.78 is 2.01. The second-order valence-corrected chi connectivity index (χ2v) is 7.52. The van der Waals surface area contributed by atoms with Gasteiger partial charge in [-0.25, -0.2) is 0 Å². The lowest BCUT2D eigenvalue weighted by molar-refractivity contribution is 0.0306. The molecule has 2 aliphatic carbocycles. The zero-order valence-electron chi connectivity index (χ0n) is 13.0. The minimum absolute atomic E-state index is 0.184. The molecule has 116 valence electrons. The normalized spacial score (nSPS) is 38.0. The molecule has 3 fully saturated rings. The fourth-order valence-electron chi connectivity index (χ4n) is 4.91. The Labute approximate surface area is 127 Å². The number of fused-ring (bicyclic) bond motifs is 1. The highest BCUT2D eigenvalue weighted by Crippen LogP contribution is 2.43. The van der Waals surface area contributed by atoms with Gasteiger partial charge in [0.2, 0.25) is 0 Å². The van der Waals surface area contributed by atoms with Crippen molar-refractivity contribution in [2.75, 3.05) is 13.1 Å². The quantitative estimate of drug-likeness (QED) is 0.909. The Morgan fingerprint density at radius 1 is 1.14 bits per heavy atom. The summed E-state index contributed by atoms with van der Waals surface area (Å²) in [6, 6.07) is 1.02. The molecule has 1 N–H and O–H groups in total. The SMILES string of the molecule is Cc1cnn([C@H]2C[C@H]3CN(C4CCCC4)C[C@H]3C[C@@H]2O)c1. The average Bonchev–Trinajstić information content (AvgIpc) is 3.15. The van der Waals surface area contributed by atoms with E-state index in [0.717, 1.165) is 24.8 Å². The first kappa shape index (κ1) is 13.8. The summed E-state index contributed by atoms with van der Waals surface area (Å²) in [7, 11) is 0. The average molecular weight is 289 g/mol. The molecule has 4 nitrogen and oxygen atoms in total. The molecule has 0 unspecified atom stereocenters. The molecule has 1 aliphatic heterocycles. The lowest BCUT2D eigenvalue weighted by Gasteiger charge is -2.35. The van der Waals surface area contributed by atoms with Gasteiger partial charge in [0.1, 0.15) is 0 Å². The molecule has 0 spiro atoms. The van der Waals surface area contributed by atoms with Crippen LogP contribution in [0.1, 0.15) is 50.1 Å². The van der Waals surface area contributed by atoms with E-state index in [4.69, 9.17) is 0 Å². The van der Waals surface area contributed by atoms with Crippen molar-refractivity contribution in [2.45, 2.75) is 63.6 Å². The highest BCUT2D eigenvalue weighted by Gasteiger charge is 2.44. The van der Waals surface area contributed by atoms with Crippen LogP contribution in [-0.2, 0) is 0 Å². The number of rotatable bonds is 2. The van der Waals surface area contributed by atoms with Crippen LogP contribution in [0.5, 0.6) is 0 Å². The van der Waals surface area contributed by atoms with Crippen LogP contribution >= 0.6 is 0 Å². The summed E-state index contributed by atoms with van der Waals surface area (Å²) in [4.78, 5) is 2.73. The maximum atomic E-state index is 10.6. The van der Waals surface area contributed by atoms with Crippen molar-refractivity contribution >= 4 is 0 Å². The first-order chi connectivity index (χ1) is 10.2. The van der Waals surface area contributed by atoms with Gasteiger partial charge in [-0.3, -0.25) is 9.58 Å². The number of hydrogen-bond donors (Lipinski definition) is 1. The predicted molar refractivity (Wildman–Crippen MR) is 82.1 cm³/mol. The molecule has 4 atom stereocenters. The molecule has 1 saturated heterocycles. The Hall–Kier alpha value is -0.870. The third kappa shape index (κ3) is 2.53. The van der Waals surface area contributed by atoms with Crippen LogP contribution in [-0.4, -0.2) is 45.0 Å². The lowest BCUT2D eigenvalue weighted by Crippen LogP contribution is -2.36. The van der Waals surface area contributed by atoms with E-state index < -0.39 is 0 Å². The fraction of sp³-hybridized carbons (Fsp3) is 0.824. The molecule has 0 amide bonds. The molecule has 0 bridgehead atoms. The number of aromatic nitrogens is 2. The van der Waals surface area contributed by atoms with Gasteiger partial charge in [0.15, 0.2) is 0 Å². The zero-order chi connectivity index (χ0) is 14.4. The Kier molecular flexibility index (Phi) is 3.54. The van der Waals surface area contributed by atoms with Crippen molar-refractivity contribution in [3.63, 3.8) is 0 Å². The molecule has 0 aromatic carbocycles. The van der Waals surface area contributed by atoms with Crippen molar-refractivity contribution in [1.82, 2.24) is 14.7 Å². The van der Waals surface area contributed by atoms with Crippen LogP contribution in [0.15, 0.2) is 12.4 Å². The summed E-state index contributed by atoms with van der Waals surface area (Å²) in [6.07, 6.45) is 11.4. The largest absolute Gasteiger partial charge is 0.391 e. The van der Waals surface area contributed by atoms with Gasteiger partial charge >= 0.3 is 0 Å². The summed E-state index contributed by atoms with van der Waals surface area (Å²) in [5, 5.41) is 15.0. The van der Waals surface area contributed by atoms with Crippen LogP contribution in [0.3, 0.4) is 0 Å². The molecule has 3 aliphatic rings. The highest BCUT2D eigenvalue weighted by molar-refractivity contribution is 5.03. The molecule has 1 aromatic rings. The first-order valence-electron chi connectivity index (χ1n) is 8.63. The second-order valence-electron chi connectivity index (χ2n) is 7.52. The van der Waals surface area contributed by atoms with Gasteiger partial charge in [-0.1, -0.05) is 12.8 Å². The van der Waals surface area contributed by atoms with E-state index in [2.05, 4.69) is 23.1 Å². The van der Waals surface area contributed by atoms with Crippen LogP contribution in [0.25, 0.3) is 0 Å². The van der Waals surface area contributed by atoms with Crippen LogP contribution in [0, 0.1) is 18.8 Å². The van der Waals surface area contributed by atoms with Crippen molar-refractivity contribution in [3.8, 4) is 0 Å². The Morgan fingerprint density at radius 2 is 1.86 bits per heavy atom. The molecular weight excluding hydrogens is 262 g/mol. The monoisotopic (exact) mass is 289 g/mol. The minimum atomic E-state index is -0.228. The maximum absolute atomic E-state index is 10.6. The van der Waals surface area contributed by atoms with Crippen LogP contribution in [0.2, 0.25) is 0 Å². The van der Waals surface area contributed by atoms with Crippen LogP contribution in [0.4, 0.5) is 0 Å². The summed E-state index contributed by atoms with van der Waals surface area (Å²) in [5.74, 6) is 1.46. The van der Waals surface area contributed by atoms with Crippen molar-refractivity contribution in [3.05, 3.63) is 18.0 Å². The molecule has 2 heterocycles. The van der Waals surface area contributed by atoms with E-state index >= 15 is 0 Å². The van der Waals surface area contributed by atoms with Gasteiger partial charge in [0.25, 0.3) is 0 Å². The number of nitrogens with zero attached hydrogens (tertiary/aromatic N) is 3. The van der Waals surface area contributed by atoms with E-state index in [1.54, 1.807) is 0 Å². The van der Waals surface area contributed by atoms with Gasteiger partial charge in [0, 0.05) is 25.3 Å². The van der Waals surface area contributed by atoms with Gasteiger partial charge in [-0.05, 0) is 50.0 Å². The van der Waals surface area contributed by atoms with Crippen molar-refractivity contribution < 1.29 is 5.11 Å². The van der Waals surface area contributed by atoms with Gasteiger partial charge in [0.05, 0.1) is 18.3 Å². The zero-order valence-corrected chi connectivity index (χ0v) is 13.0. The van der Waals surface area contributed by atoms with E-state index in [9.17, 15) is 5.11 Å². The number of aliphatic hydroxyl groups is 1. The third-order valence-electron chi connectivity index (χ3n) is 6.05. The van der Waals surface area contributed by atoms with E-state index in [1.165, 1.54) is 44.3 Å². The third-order valence-corrected chi connectivity index (χ3v) is 6.05. The van der Waals surface area contributed by atoms with E-state index in [1.807, 2.05) is 10.9 Å². The molecular formula is C17H27N3O. The van der Waals surface area contributed by atoms with E-state index in [0.29, 0.717) is 5.92 Å². The lowest BCUT2D eigenvalue weighted by atomic mass is 9.77.